The number of halogens is 3. The molecule has 1 aromatic carbocycles. The molecule has 8 heteroatoms. The molecule has 3 saturated carbocycles. The molecule has 41 heavy (non-hydrogen) atoms. The van der Waals surface area contributed by atoms with Crippen LogP contribution in [0.2, 0.25) is 19.1 Å². The van der Waals surface area contributed by atoms with E-state index in [9.17, 15) is 21.6 Å². The Morgan fingerprint density at radius 2 is 1.44 bits per heavy atom. The fraction of sp³-hybridized carbons (Fsp3) is 0.758. The smallest absolute Gasteiger partial charge is 0.381 e. The molecular formula is C33H49F3O3SSi. The Morgan fingerprint density at radius 3 is 2.07 bits per heavy atom. The molecule has 0 aromatic heterocycles. The monoisotopic (exact) mass is 610 g/mol. The predicted octanol–water partition coefficient (Wildman–Crippen LogP) is 9.04. The molecule has 0 unspecified atom stereocenters. The van der Waals surface area contributed by atoms with E-state index in [-0.39, 0.29) is 33.8 Å². The highest BCUT2D eigenvalue weighted by molar-refractivity contribution is 7.87. The molecule has 3 nitrogen and oxygen atoms in total. The van der Waals surface area contributed by atoms with Crippen LogP contribution in [0.4, 0.5) is 13.2 Å². The van der Waals surface area contributed by atoms with Crippen molar-refractivity contribution in [3.05, 3.63) is 42.2 Å². The number of alkyl halides is 3. The molecule has 7 atom stereocenters. The van der Waals surface area contributed by atoms with Crippen LogP contribution in [0.15, 0.2) is 42.2 Å². The molecule has 0 N–H and O–H groups in total. The Kier molecular flexibility index (Phi) is 7.50. The van der Waals surface area contributed by atoms with E-state index in [2.05, 4.69) is 59.8 Å². The average Bonchev–Trinajstić information content (AvgIpc) is 2.84. The minimum atomic E-state index is -5.75. The summed E-state index contributed by atoms with van der Waals surface area (Å²) in [4.78, 5) is 0. The molecule has 3 fully saturated rings. The number of fused-ring (bicyclic) bond motifs is 5. The van der Waals surface area contributed by atoms with E-state index in [0.29, 0.717) is 29.7 Å². The highest BCUT2D eigenvalue weighted by Crippen LogP contribution is 2.73. The average molecular weight is 611 g/mol. The first-order chi connectivity index (χ1) is 18.8. The van der Waals surface area contributed by atoms with Crippen LogP contribution < -0.4 is 5.19 Å². The maximum absolute atomic E-state index is 13.6. The molecule has 4 aliphatic rings. The van der Waals surface area contributed by atoms with Gasteiger partial charge in [0.25, 0.3) is 0 Å². The lowest BCUT2D eigenvalue weighted by molar-refractivity contribution is -0.200. The number of hydrogen-bond donors (Lipinski definition) is 0. The lowest BCUT2D eigenvalue weighted by Gasteiger charge is -2.70. The van der Waals surface area contributed by atoms with E-state index in [1.54, 1.807) is 6.08 Å². The second kappa shape index (κ2) is 9.87. The van der Waals surface area contributed by atoms with Crippen molar-refractivity contribution in [2.75, 3.05) is 0 Å². The topological polar surface area (TPSA) is 43.4 Å². The first kappa shape index (κ1) is 31.2. The van der Waals surface area contributed by atoms with E-state index >= 15 is 0 Å². The van der Waals surface area contributed by atoms with Gasteiger partial charge in [0.05, 0.1) is 8.07 Å². The minimum Gasteiger partial charge on any atom is -0.381 e. The van der Waals surface area contributed by atoms with Gasteiger partial charge < -0.3 is 4.18 Å². The van der Waals surface area contributed by atoms with Gasteiger partial charge in [-0.3, -0.25) is 0 Å². The lowest BCUT2D eigenvalue weighted by Crippen LogP contribution is -2.63. The van der Waals surface area contributed by atoms with Crippen molar-refractivity contribution in [3.63, 3.8) is 0 Å². The molecule has 0 amide bonds. The zero-order chi connectivity index (χ0) is 30.3. The maximum Gasteiger partial charge on any atom is 0.534 e. The summed E-state index contributed by atoms with van der Waals surface area (Å²) in [7, 11) is -7.93. The molecule has 0 spiro atoms. The van der Waals surface area contributed by atoms with Gasteiger partial charge in [-0.2, -0.15) is 21.6 Å². The van der Waals surface area contributed by atoms with Crippen LogP contribution in [0, 0.1) is 45.3 Å². The summed E-state index contributed by atoms with van der Waals surface area (Å²) in [6.07, 6.45) is 10.3. The molecule has 0 saturated heterocycles. The number of rotatable bonds is 5. The van der Waals surface area contributed by atoms with Gasteiger partial charge in [-0.1, -0.05) is 89.7 Å². The first-order valence-electron chi connectivity index (χ1n) is 15.5. The van der Waals surface area contributed by atoms with Gasteiger partial charge in [-0.25, -0.2) is 0 Å². The van der Waals surface area contributed by atoms with Crippen molar-refractivity contribution in [2.24, 2.45) is 45.3 Å². The van der Waals surface area contributed by atoms with Crippen LogP contribution >= 0.6 is 0 Å². The predicted molar refractivity (Wildman–Crippen MR) is 162 cm³/mol. The Morgan fingerprint density at radius 1 is 0.854 bits per heavy atom. The van der Waals surface area contributed by atoms with E-state index in [1.807, 2.05) is 18.2 Å². The Hall–Kier alpha value is -1.28. The summed E-state index contributed by atoms with van der Waals surface area (Å²) in [6.45, 7) is 16.6. The normalized spacial score (nSPS) is 39.1. The van der Waals surface area contributed by atoms with Crippen molar-refractivity contribution in [2.45, 2.75) is 111 Å². The van der Waals surface area contributed by atoms with Gasteiger partial charge >= 0.3 is 15.6 Å². The number of hydrogen-bond acceptors (Lipinski definition) is 3. The Balaban J connectivity index is 1.57. The summed E-state index contributed by atoms with van der Waals surface area (Å²) in [5.41, 5.74) is -5.17. The largest absolute Gasteiger partial charge is 0.534 e. The molecule has 5 rings (SSSR count). The van der Waals surface area contributed by atoms with Crippen LogP contribution in [0.25, 0.3) is 0 Å². The minimum absolute atomic E-state index is 0.0262. The lowest BCUT2D eigenvalue weighted by atomic mass is 9.35. The van der Waals surface area contributed by atoms with E-state index in [0.717, 1.165) is 19.3 Å². The quantitative estimate of drug-likeness (QED) is 0.190. The van der Waals surface area contributed by atoms with E-state index in [1.165, 1.54) is 30.9 Å². The summed E-state index contributed by atoms with van der Waals surface area (Å²) < 4.78 is 70.4. The van der Waals surface area contributed by atoms with Crippen LogP contribution in [0.3, 0.4) is 0 Å². The SMILES string of the molecule is CC1(C)CCC[C@]2(C)[C@H]3CC[C@@]4(C)[C@@H](CC=C(OS(=O)(=O)C(F)(F)F)[C@@H]4C[Si](C)(C)c4ccccc4)[C@]3(C)CC[C@@H]12. The fourth-order valence-corrected chi connectivity index (χ4v) is 14.5. The molecular weight excluding hydrogens is 562 g/mol. The highest BCUT2D eigenvalue weighted by Gasteiger charge is 2.66. The second-order valence-electron chi connectivity index (χ2n) is 15.9. The van der Waals surface area contributed by atoms with Gasteiger partial charge in [-0.05, 0) is 96.5 Å². The molecule has 4 aliphatic carbocycles. The second-order valence-corrected chi connectivity index (χ2v) is 22.2. The van der Waals surface area contributed by atoms with Crippen molar-refractivity contribution in [3.8, 4) is 0 Å². The summed E-state index contributed by atoms with van der Waals surface area (Å²) in [6, 6.07) is 10.9. The third-order valence-electron chi connectivity index (χ3n) is 12.9. The Bertz CT molecular complexity index is 1290. The van der Waals surface area contributed by atoms with Gasteiger partial charge in [0.1, 0.15) is 5.76 Å². The van der Waals surface area contributed by atoms with E-state index < -0.39 is 23.7 Å². The van der Waals surface area contributed by atoms with Crippen LogP contribution in [0.1, 0.15) is 86.0 Å². The molecule has 1 aromatic rings. The summed E-state index contributed by atoms with van der Waals surface area (Å²) >= 11 is 0. The third-order valence-corrected chi connectivity index (χ3v) is 17.2. The number of benzene rings is 1. The maximum atomic E-state index is 13.6. The summed E-state index contributed by atoms with van der Waals surface area (Å²) in [5.74, 6) is 1.15. The van der Waals surface area contributed by atoms with Crippen molar-refractivity contribution >= 4 is 23.4 Å². The van der Waals surface area contributed by atoms with Gasteiger partial charge in [-0.15, -0.1) is 0 Å². The first-order valence-corrected chi connectivity index (χ1v) is 20.2. The standard InChI is InChI=1S/C33H49F3O3SSi/c1-29(2)18-11-19-31(4)26(29)16-21-32(5)27-15-14-25(39-40(37,38)33(34,35)36)24(30(27,3)20-17-28(31)32)22-41(6,7)23-12-9-8-10-13-23/h8-10,12-14,24,26-28H,11,15-22H2,1-7H3/t24-,26-,27+,28+,30+,31-,32-/m0/s1. The van der Waals surface area contributed by atoms with Crippen molar-refractivity contribution in [1.82, 2.24) is 0 Å². The zero-order valence-electron chi connectivity index (χ0n) is 25.9. The molecule has 230 valence electrons. The van der Waals surface area contributed by atoms with Crippen molar-refractivity contribution < 1.29 is 25.8 Å². The van der Waals surface area contributed by atoms with Gasteiger partial charge in [0, 0.05) is 5.92 Å². The van der Waals surface area contributed by atoms with Crippen LogP contribution in [0.5, 0.6) is 0 Å². The number of allylic oxidation sites excluding steroid dienone is 2. The van der Waals surface area contributed by atoms with Crippen LogP contribution in [-0.4, -0.2) is 22.0 Å². The Labute approximate surface area is 246 Å². The molecule has 0 heterocycles. The van der Waals surface area contributed by atoms with Crippen molar-refractivity contribution in [1.29, 1.82) is 0 Å². The van der Waals surface area contributed by atoms with E-state index in [4.69, 9.17) is 4.18 Å². The zero-order valence-corrected chi connectivity index (χ0v) is 27.7. The molecule has 0 bridgehead atoms. The summed E-state index contributed by atoms with van der Waals surface area (Å²) in [5, 5.41) is 1.22. The van der Waals surface area contributed by atoms with Gasteiger partial charge in [0.15, 0.2) is 0 Å². The highest BCUT2D eigenvalue weighted by atomic mass is 32.2. The molecule has 0 radical (unpaired) electrons. The third kappa shape index (κ3) is 4.95. The molecule has 0 aliphatic heterocycles. The fourth-order valence-electron chi connectivity index (χ4n) is 10.9. The van der Waals surface area contributed by atoms with Gasteiger partial charge in [0.2, 0.25) is 0 Å². The van der Waals surface area contributed by atoms with Crippen LogP contribution in [-0.2, 0) is 14.3 Å².